The molecule has 146 valence electrons. The largest absolute Gasteiger partial charge is 0.493 e. The normalized spacial score (nSPS) is 16.7. The number of benzene rings is 2. The minimum Gasteiger partial charge on any atom is -0.493 e. The van der Waals surface area contributed by atoms with Gasteiger partial charge in [-0.25, -0.2) is 4.99 Å². The Hall–Kier alpha value is -2.15. The van der Waals surface area contributed by atoms with Crippen LogP contribution in [0.3, 0.4) is 0 Å². The van der Waals surface area contributed by atoms with E-state index in [1.807, 2.05) is 32.0 Å². The highest BCUT2D eigenvalue weighted by atomic mass is 35.5. The molecule has 1 aliphatic rings. The Balaban J connectivity index is 1.90. The van der Waals surface area contributed by atoms with Crippen LogP contribution >= 0.6 is 35.0 Å². The van der Waals surface area contributed by atoms with Crippen molar-refractivity contribution in [3.63, 3.8) is 0 Å². The average Bonchev–Trinajstić information content (AvgIpc) is 2.98. The zero-order chi connectivity index (χ0) is 20.3. The van der Waals surface area contributed by atoms with Gasteiger partial charge >= 0.3 is 0 Å². The maximum Gasteiger partial charge on any atom is 0.264 e. The number of methoxy groups -OCH3 is 1. The third-order valence-corrected chi connectivity index (χ3v) is 5.30. The first-order chi connectivity index (χ1) is 13.4. The summed E-state index contributed by atoms with van der Waals surface area (Å²) in [5.41, 5.74) is 1.35. The van der Waals surface area contributed by atoms with Gasteiger partial charge in [0.05, 0.1) is 33.9 Å². The number of ether oxygens (including phenoxy) is 2. The first-order valence-corrected chi connectivity index (χ1v) is 10.0. The second-order valence-corrected chi connectivity index (χ2v) is 7.97. The number of halogens is 2. The number of aliphatic imine (C=N–C) groups is 1. The van der Waals surface area contributed by atoms with Gasteiger partial charge in [-0.2, -0.15) is 0 Å². The summed E-state index contributed by atoms with van der Waals surface area (Å²) in [6, 6.07) is 10.6. The topological polar surface area (TPSA) is 59.9 Å². The number of hydrogen-bond acceptors (Lipinski definition) is 5. The molecular formula is C20H18Cl2N2O3S. The predicted molar refractivity (Wildman–Crippen MR) is 116 cm³/mol. The van der Waals surface area contributed by atoms with Crippen LogP contribution in [0.15, 0.2) is 46.3 Å². The number of amidine groups is 1. The maximum atomic E-state index is 12.4. The van der Waals surface area contributed by atoms with Crippen LogP contribution < -0.4 is 14.8 Å². The van der Waals surface area contributed by atoms with Crippen LogP contribution in [-0.4, -0.2) is 24.3 Å². The Morgan fingerprint density at radius 2 is 1.96 bits per heavy atom. The zero-order valence-electron chi connectivity index (χ0n) is 15.5. The fraction of sp³-hybridized carbons (Fsp3) is 0.200. The number of nitrogens with one attached hydrogen (secondary N) is 1. The smallest absolute Gasteiger partial charge is 0.264 e. The van der Waals surface area contributed by atoms with Gasteiger partial charge < -0.3 is 14.8 Å². The monoisotopic (exact) mass is 436 g/mol. The van der Waals surface area contributed by atoms with Gasteiger partial charge in [-0.15, -0.1) is 0 Å². The fourth-order valence-electron chi connectivity index (χ4n) is 2.46. The molecule has 1 aliphatic heterocycles. The molecule has 8 heteroatoms. The first-order valence-electron chi connectivity index (χ1n) is 8.45. The van der Waals surface area contributed by atoms with Gasteiger partial charge in [0, 0.05) is 5.56 Å². The highest BCUT2D eigenvalue weighted by Crippen LogP contribution is 2.36. The minimum absolute atomic E-state index is 0.0368. The standard InChI is InChI=1S/C20H18Cl2N2O3S/c1-11(2)27-18-12(5-4-6-16(18)26-3)9-17-19(25)24-20(28-17)23-13-7-8-14(21)15(22)10-13/h4-11H,1-3H3,(H,23,24,25)/b17-9-. The predicted octanol–water partition coefficient (Wildman–Crippen LogP) is 5.68. The highest BCUT2D eigenvalue weighted by molar-refractivity contribution is 8.18. The Morgan fingerprint density at radius 1 is 1.18 bits per heavy atom. The molecule has 0 radical (unpaired) electrons. The van der Waals surface area contributed by atoms with Gasteiger partial charge in [0.25, 0.3) is 5.91 Å². The molecule has 1 fully saturated rings. The fourth-order valence-corrected chi connectivity index (χ4v) is 3.59. The van der Waals surface area contributed by atoms with Crippen LogP contribution in [0.1, 0.15) is 19.4 Å². The van der Waals surface area contributed by atoms with Crippen molar-refractivity contribution in [2.24, 2.45) is 4.99 Å². The molecule has 1 amide bonds. The van der Waals surface area contributed by atoms with Crippen molar-refractivity contribution in [1.29, 1.82) is 0 Å². The lowest BCUT2D eigenvalue weighted by Gasteiger charge is -2.16. The van der Waals surface area contributed by atoms with Gasteiger partial charge in [-0.3, -0.25) is 4.79 Å². The van der Waals surface area contributed by atoms with E-state index in [9.17, 15) is 4.79 Å². The van der Waals surface area contributed by atoms with Crippen LogP contribution in [0.25, 0.3) is 6.08 Å². The lowest BCUT2D eigenvalue weighted by Crippen LogP contribution is -2.19. The molecular weight excluding hydrogens is 419 g/mol. The molecule has 1 N–H and O–H groups in total. The summed E-state index contributed by atoms with van der Waals surface area (Å²) >= 11 is 13.2. The van der Waals surface area contributed by atoms with Crippen molar-refractivity contribution in [2.75, 3.05) is 7.11 Å². The summed E-state index contributed by atoms with van der Waals surface area (Å²) in [4.78, 5) is 17.3. The molecule has 2 aromatic carbocycles. The van der Waals surface area contributed by atoms with Gasteiger partial charge in [-0.05, 0) is 56.0 Å². The van der Waals surface area contributed by atoms with E-state index in [0.29, 0.717) is 37.3 Å². The molecule has 2 aromatic rings. The highest BCUT2D eigenvalue weighted by Gasteiger charge is 2.25. The summed E-state index contributed by atoms with van der Waals surface area (Å²) in [6.45, 7) is 3.87. The van der Waals surface area contributed by atoms with E-state index in [2.05, 4.69) is 10.3 Å². The molecule has 0 saturated carbocycles. The van der Waals surface area contributed by atoms with Crippen molar-refractivity contribution in [3.05, 3.63) is 56.9 Å². The number of nitrogens with zero attached hydrogens (tertiary/aromatic N) is 1. The number of thioether (sulfide) groups is 1. The van der Waals surface area contributed by atoms with Gasteiger partial charge in [-0.1, -0.05) is 35.3 Å². The molecule has 5 nitrogen and oxygen atoms in total. The summed E-state index contributed by atoms with van der Waals surface area (Å²) < 4.78 is 11.3. The van der Waals surface area contributed by atoms with Gasteiger partial charge in [0.1, 0.15) is 0 Å². The molecule has 0 unspecified atom stereocenters. The molecule has 1 heterocycles. The van der Waals surface area contributed by atoms with Crippen LogP contribution in [0.4, 0.5) is 5.69 Å². The van der Waals surface area contributed by atoms with E-state index in [-0.39, 0.29) is 12.0 Å². The minimum atomic E-state index is -0.234. The van der Waals surface area contributed by atoms with E-state index < -0.39 is 0 Å². The molecule has 0 aromatic heterocycles. The Kier molecular flexibility index (Phi) is 6.54. The van der Waals surface area contributed by atoms with Crippen molar-refractivity contribution in [1.82, 2.24) is 5.32 Å². The molecule has 0 spiro atoms. The van der Waals surface area contributed by atoms with Crippen molar-refractivity contribution < 1.29 is 14.3 Å². The third-order valence-electron chi connectivity index (χ3n) is 3.65. The van der Waals surface area contributed by atoms with Crippen LogP contribution in [-0.2, 0) is 4.79 Å². The number of amides is 1. The summed E-state index contributed by atoms with van der Waals surface area (Å²) in [7, 11) is 1.58. The number of rotatable bonds is 5. The zero-order valence-corrected chi connectivity index (χ0v) is 17.8. The van der Waals surface area contributed by atoms with Crippen LogP contribution in [0.5, 0.6) is 11.5 Å². The molecule has 0 aliphatic carbocycles. The number of hydrogen-bond donors (Lipinski definition) is 1. The van der Waals surface area contributed by atoms with E-state index in [4.69, 9.17) is 32.7 Å². The molecule has 0 atom stereocenters. The SMILES string of the molecule is COc1cccc(/C=C2\SC(=Nc3ccc(Cl)c(Cl)c3)NC2=O)c1OC(C)C. The van der Waals surface area contributed by atoms with Crippen molar-refractivity contribution >= 4 is 57.8 Å². The molecule has 0 bridgehead atoms. The van der Waals surface area contributed by atoms with E-state index in [1.165, 1.54) is 11.8 Å². The van der Waals surface area contributed by atoms with E-state index >= 15 is 0 Å². The summed E-state index contributed by atoms with van der Waals surface area (Å²) in [6.07, 6.45) is 1.72. The Morgan fingerprint density at radius 3 is 2.64 bits per heavy atom. The number of carbonyl (C=O) groups is 1. The van der Waals surface area contributed by atoms with Crippen LogP contribution in [0, 0.1) is 0 Å². The maximum absolute atomic E-state index is 12.4. The van der Waals surface area contributed by atoms with E-state index in [1.54, 1.807) is 31.4 Å². The summed E-state index contributed by atoms with van der Waals surface area (Å²) in [5.74, 6) is 0.967. The Bertz CT molecular complexity index is 974. The number of carbonyl (C=O) groups excluding carboxylic acids is 1. The first kappa shape index (κ1) is 20.6. The lowest BCUT2D eigenvalue weighted by molar-refractivity contribution is -0.115. The van der Waals surface area contributed by atoms with Crippen molar-refractivity contribution in [2.45, 2.75) is 20.0 Å². The summed E-state index contributed by atoms with van der Waals surface area (Å²) in [5, 5.41) is 4.07. The second-order valence-electron chi connectivity index (χ2n) is 6.13. The molecule has 3 rings (SSSR count). The van der Waals surface area contributed by atoms with Crippen molar-refractivity contribution in [3.8, 4) is 11.5 Å². The third kappa shape index (κ3) is 4.82. The molecule has 28 heavy (non-hydrogen) atoms. The quantitative estimate of drug-likeness (QED) is 0.612. The number of para-hydroxylation sites is 1. The Labute approximate surface area is 177 Å². The lowest BCUT2D eigenvalue weighted by atomic mass is 10.1. The van der Waals surface area contributed by atoms with E-state index in [0.717, 1.165) is 5.56 Å². The van der Waals surface area contributed by atoms with Crippen LogP contribution in [0.2, 0.25) is 10.0 Å². The molecule has 1 saturated heterocycles. The second kappa shape index (κ2) is 8.90. The van der Waals surface area contributed by atoms with Gasteiger partial charge in [0.15, 0.2) is 16.7 Å². The van der Waals surface area contributed by atoms with Gasteiger partial charge in [0.2, 0.25) is 0 Å². The average molecular weight is 437 g/mol.